The number of allylic oxidation sites excluding steroid dienone is 3. The first-order valence-electron chi connectivity index (χ1n) is 8.55. The highest BCUT2D eigenvalue weighted by atomic mass is 32.1. The molecule has 3 nitrogen and oxygen atoms in total. The number of nitrogens with zero attached hydrogens (tertiary/aromatic N) is 1. The molecule has 128 valence electrons. The first kappa shape index (κ1) is 17.5. The van der Waals surface area contributed by atoms with Crippen LogP contribution in [0, 0.1) is 0 Å². The first-order valence-corrected chi connectivity index (χ1v) is 8.96. The van der Waals surface area contributed by atoms with Crippen LogP contribution in [0.25, 0.3) is 11.1 Å². The van der Waals surface area contributed by atoms with E-state index in [1.165, 1.54) is 11.1 Å². The molecule has 0 spiro atoms. The van der Waals surface area contributed by atoms with Crippen molar-refractivity contribution in [1.82, 2.24) is 10.3 Å². The summed E-state index contributed by atoms with van der Waals surface area (Å²) >= 11 is 5.18. The summed E-state index contributed by atoms with van der Waals surface area (Å²) in [7, 11) is 0. The molecule has 1 N–H and O–H groups in total. The number of hydrogen-bond acceptors (Lipinski definition) is 4. The molecular formula is C21H22N2OS. The van der Waals surface area contributed by atoms with Crippen LogP contribution in [0.3, 0.4) is 0 Å². The van der Waals surface area contributed by atoms with Crippen molar-refractivity contribution >= 4 is 17.1 Å². The Morgan fingerprint density at radius 2 is 2.00 bits per heavy atom. The van der Waals surface area contributed by atoms with Crippen molar-refractivity contribution < 1.29 is 4.74 Å². The predicted molar refractivity (Wildman–Crippen MR) is 106 cm³/mol. The van der Waals surface area contributed by atoms with Crippen LogP contribution in [-0.4, -0.2) is 23.0 Å². The molecule has 0 radical (unpaired) electrons. The molecule has 25 heavy (non-hydrogen) atoms. The van der Waals surface area contributed by atoms with Gasteiger partial charge in [-0.25, -0.2) is 0 Å². The average molecular weight is 350 g/mol. The molecule has 0 saturated heterocycles. The second kappa shape index (κ2) is 9.25. The zero-order chi connectivity index (χ0) is 17.3. The van der Waals surface area contributed by atoms with Crippen LogP contribution in [0.4, 0.5) is 0 Å². The van der Waals surface area contributed by atoms with Crippen molar-refractivity contribution in [3.63, 3.8) is 0 Å². The van der Waals surface area contributed by atoms with Crippen LogP contribution in [0.2, 0.25) is 0 Å². The molecule has 4 heteroatoms. The molecule has 2 aromatic rings. The van der Waals surface area contributed by atoms with Crippen molar-refractivity contribution in [3.05, 3.63) is 78.3 Å². The Hall–Kier alpha value is -2.30. The van der Waals surface area contributed by atoms with E-state index >= 15 is 0 Å². The highest BCUT2D eigenvalue weighted by Gasteiger charge is 2.02. The summed E-state index contributed by atoms with van der Waals surface area (Å²) in [6.07, 6.45) is 11.6. The normalized spacial score (nSPS) is 13.6. The van der Waals surface area contributed by atoms with Crippen LogP contribution in [0.1, 0.15) is 18.4 Å². The molecule has 1 aromatic heterocycles. The monoisotopic (exact) mass is 350 g/mol. The van der Waals surface area contributed by atoms with Crippen LogP contribution in [-0.2, 0) is 11.3 Å². The topological polar surface area (TPSA) is 34.1 Å². The molecule has 0 unspecified atom stereocenters. The Labute approximate surface area is 154 Å². The lowest BCUT2D eigenvalue weighted by molar-refractivity contribution is 0.219. The Bertz CT molecular complexity index is 768. The lowest BCUT2D eigenvalue weighted by Crippen LogP contribution is -2.16. The summed E-state index contributed by atoms with van der Waals surface area (Å²) in [5.74, 6) is 0.871. The van der Waals surface area contributed by atoms with E-state index in [-0.39, 0.29) is 0 Å². The molecule has 0 bridgehead atoms. The molecular weight excluding hydrogens is 328 g/mol. The lowest BCUT2D eigenvalue weighted by Gasteiger charge is -2.11. The summed E-state index contributed by atoms with van der Waals surface area (Å²) in [6, 6.07) is 12.5. The number of aromatic nitrogens is 1. The van der Waals surface area contributed by atoms with Gasteiger partial charge in [-0.05, 0) is 42.3 Å². The minimum Gasteiger partial charge on any atom is -0.494 e. The van der Waals surface area contributed by atoms with Gasteiger partial charge < -0.3 is 10.1 Å². The molecule has 0 fully saturated rings. The zero-order valence-corrected chi connectivity index (χ0v) is 15.0. The Kier molecular flexibility index (Phi) is 6.48. The molecule has 1 aromatic carbocycles. The van der Waals surface area contributed by atoms with E-state index in [1.54, 1.807) is 0 Å². The fraction of sp³-hybridized carbons (Fsp3) is 0.238. The molecule has 0 atom stereocenters. The Morgan fingerprint density at radius 1 is 1.12 bits per heavy atom. The highest BCUT2D eigenvalue weighted by molar-refractivity contribution is 7.80. The molecule has 0 aliphatic heterocycles. The maximum absolute atomic E-state index is 5.72. The highest BCUT2D eigenvalue weighted by Crippen LogP contribution is 2.18. The largest absolute Gasteiger partial charge is 0.494 e. The van der Waals surface area contributed by atoms with Crippen molar-refractivity contribution in [2.75, 3.05) is 13.2 Å². The van der Waals surface area contributed by atoms with Gasteiger partial charge in [0.05, 0.1) is 6.61 Å². The number of nitrogens with one attached hydrogen (secondary N) is 1. The van der Waals surface area contributed by atoms with E-state index in [0.717, 1.165) is 42.1 Å². The fourth-order valence-corrected chi connectivity index (χ4v) is 2.85. The van der Waals surface area contributed by atoms with E-state index in [0.29, 0.717) is 6.61 Å². The molecule has 0 saturated carbocycles. The molecule has 3 rings (SSSR count). The van der Waals surface area contributed by atoms with Gasteiger partial charge in [0.25, 0.3) is 0 Å². The van der Waals surface area contributed by atoms with Crippen molar-refractivity contribution in [3.8, 4) is 11.1 Å². The van der Waals surface area contributed by atoms with Gasteiger partial charge in [-0.3, -0.25) is 4.98 Å². The maximum Gasteiger partial charge on any atom is 0.120 e. The van der Waals surface area contributed by atoms with Crippen LogP contribution in [0.5, 0.6) is 0 Å². The molecule has 1 aliphatic carbocycles. The molecule has 1 aliphatic rings. The van der Waals surface area contributed by atoms with E-state index in [2.05, 4.69) is 28.5 Å². The SMILES string of the molecule is S=C1C=C(OCCCNCc2cncc(-c3ccccc3)c2)C=CC1. The molecule has 1 heterocycles. The zero-order valence-electron chi connectivity index (χ0n) is 14.2. The number of rotatable bonds is 8. The quantitative estimate of drug-likeness (QED) is 0.563. The van der Waals surface area contributed by atoms with Gasteiger partial charge in [-0.2, -0.15) is 0 Å². The predicted octanol–water partition coefficient (Wildman–Crippen LogP) is 4.46. The van der Waals surface area contributed by atoms with Gasteiger partial charge in [0, 0.05) is 35.8 Å². The first-order chi connectivity index (χ1) is 12.3. The van der Waals surface area contributed by atoms with E-state index in [9.17, 15) is 0 Å². The third-order valence-electron chi connectivity index (χ3n) is 3.90. The second-order valence-electron chi connectivity index (χ2n) is 5.95. The number of thiocarbonyl (C=S) groups is 1. The number of pyridine rings is 1. The van der Waals surface area contributed by atoms with Gasteiger partial charge in [0.2, 0.25) is 0 Å². The summed E-state index contributed by atoms with van der Waals surface area (Å²) in [5.41, 5.74) is 3.53. The Balaban J connectivity index is 1.39. The second-order valence-corrected chi connectivity index (χ2v) is 6.47. The smallest absolute Gasteiger partial charge is 0.120 e. The van der Waals surface area contributed by atoms with Gasteiger partial charge in [0.1, 0.15) is 5.76 Å². The summed E-state index contributed by atoms with van der Waals surface area (Å²) in [4.78, 5) is 5.28. The minimum absolute atomic E-state index is 0.689. The van der Waals surface area contributed by atoms with Gasteiger partial charge >= 0.3 is 0 Å². The van der Waals surface area contributed by atoms with E-state index < -0.39 is 0 Å². The summed E-state index contributed by atoms with van der Waals surface area (Å²) < 4.78 is 5.72. The minimum atomic E-state index is 0.689. The summed E-state index contributed by atoms with van der Waals surface area (Å²) in [6.45, 7) is 2.39. The van der Waals surface area contributed by atoms with Crippen molar-refractivity contribution in [2.45, 2.75) is 19.4 Å². The van der Waals surface area contributed by atoms with Crippen LogP contribution < -0.4 is 5.32 Å². The third kappa shape index (κ3) is 5.62. The van der Waals surface area contributed by atoms with E-state index in [1.807, 2.05) is 48.8 Å². The lowest BCUT2D eigenvalue weighted by atomic mass is 10.1. The van der Waals surface area contributed by atoms with Gasteiger partial charge in [0.15, 0.2) is 0 Å². The molecule has 0 amide bonds. The van der Waals surface area contributed by atoms with Gasteiger partial charge in [-0.1, -0.05) is 48.6 Å². The van der Waals surface area contributed by atoms with Crippen molar-refractivity contribution in [2.24, 2.45) is 0 Å². The maximum atomic E-state index is 5.72. The van der Waals surface area contributed by atoms with Gasteiger partial charge in [-0.15, -0.1) is 0 Å². The summed E-state index contributed by atoms with van der Waals surface area (Å²) in [5, 5.41) is 3.44. The van der Waals surface area contributed by atoms with Crippen LogP contribution >= 0.6 is 12.2 Å². The number of benzene rings is 1. The third-order valence-corrected chi connectivity index (χ3v) is 4.19. The number of hydrogen-bond donors (Lipinski definition) is 1. The van der Waals surface area contributed by atoms with Crippen molar-refractivity contribution in [1.29, 1.82) is 0 Å². The Morgan fingerprint density at radius 3 is 2.84 bits per heavy atom. The standard InChI is InChI=1S/C21H22N2OS/c25-21-9-4-8-20(13-21)24-11-5-10-22-14-17-12-19(16-23-15-17)18-6-2-1-3-7-18/h1-4,6-8,12-13,15-16,22H,5,9-11,14H2. The number of ether oxygens (including phenoxy) is 1. The fourth-order valence-electron chi connectivity index (χ4n) is 2.64. The average Bonchev–Trinajstić information content (AvgIpc) is 2.66. The van der Waals surface area contributed by atoms with E-state index in [4.69, 9.17) is 17.0 Å². The van der Waals surface area contributed by atoms with Crippen LogP contribution in [0.15, 0.2) is 72.8 Å².